The van der Waals surface area contributed by atoms with Crippen molar-refractivity contribution in [2.24, 2.45) is 0 Å². The van der Waals surface area contributed by atoms with Gasteiger partial charge in [0, 0.05) is 19.3 Å². The molecule has 0 saturated carbocycles. The van der Waals surface area contributed by atoms with Gasteiger partial charge in [0.05, 0.1) is 12.4 Å². The minimum absolute atomic E-state index is 0. The van der Waals surface area contributed by atoms with Gasteiger partial charge in [0.1, 0.15) is 11.3 Å². The second-order valence-corrected chi connectivity index (χ2v) is 15.2. The number of hydrogen-bond donors (Lipinski definition) is 1. The molecule has 27 heavy (non-hydrogen) atoms. The summed E-state index contributed by atoms with van der Waals surface area (Å²) in [5.41, 5.74) is -0.332. The van der Waals surface area contributed by atoms with E-state index in [2.05, 4.69) is 40.3 Å². The molecule has 2 aromatic heterocycles. The molecule has 0 aliphatic carbocycles. The van der Waals surface area contributed by atoms with E-state index in [1.54, 1.807) is 20.0 Å². The van der Waals surface area contributed by atoms with E-state index in [-0.39, 0.29) is 7.43 Å². The molecule has 0 radical (unpaired) electrons. The molecule has 8 nitrogen and oxygen atoms in total. The number of aryl methyl sites for hydroxylation is 2. The van der Waals surface area contributed by atoms with Crippen molar-refractivity contribution in [2.75, 3.05) is 0 Å². The van der Waals surface area contributed by atoms with Crippen molar-refractivity contribution in [3.8, 4) is 0 Å². The van der Waals surface area contributed by atoms with Crippen LogP contribution < -0.4 is 0 Å². The Morgan fingerprint density at radius 3 is 2.48 bits per heavy atom. The molecule has 2 aromatic rings. The summed E-state index contributed by atoms with van der Waals surface area (Å²) in [5.74, 6) is 0. The molecule has 0 saturated heterocycles. The number of aliphatic hydroxyl groups is 1. The first-order valence-corrected chi connectivity index (χ1v) is 14.9. The second-order valence-electron chi connectivity index (χ2n) is 8.03. The van der Waals surface area contributed by atoms with Gasteiger partial charge in [-0.3, -0.25) is 9.36 Å². The van der Waals surface area contributed by atoms with Crippen molar-refractivity contribution < 1.29 is 9.22 Å². The summed E-state index contributed by atoms with van der Waals surface area (Å²) >= 11 is 0. The van der Waals surface area contributed by atoms with Gasteiger partial charge >= 0.3 is 0 Å². The Morgan fingerprint density at radius 2 is 1.89 bits per heavy atom. The van der Waals surface area contributed by atoms with Crippen LogP contribution in [-0.4, -0.2) is 52.5 Å². The molecule has 1 atom stereocenters. The molecular formula is C17H36N6O2Si2. The van der Waals surface area contributed by atoms with Crippen LogP contribution in [0.25, 0.3) is 0 Å². The monoisotopic (exact) mass is 412 g/mol. The van der Waals surface area contributed by atoms with Gasteiger partial charge in [-0.1, -0.05) is 17.9 Å². The standard InChI is InChI=1S/C16H32N6O2Si2.CH4/c1-16(2,23)15-14-22(20-18-15)10-7-13-26(4,5)24-25(3)12-6-9-21-11-8-17-19-21;/h8,11,14,23,25H,6-7,9-10,12-13H2,1-5H3;1H4. The third-order valence-corrected chi connectivity index (χ3v) is 11.3. The summed E-state index contributed by atoms with van der Waals surface area (Å²) in [4.78, 5) is 0. The van der Waals surface area contributed by atoms with Crippen LogP contribution in [0.2, 0.25) is 31.7 Å². The molecule has 154 valence electrons. The zero-order valence-electron chi connectivity index (χ0n) is 16.6. The van der Waals surface area contributed by atoms with Crippen LogP contribution >= 0.6 is 0 Å². The Morgan fingerprint density at radius 1 is 1.19 bits per heavy atom. The number of aromatic nitrogens is 6. The van der Waals surface area contributed by atoms with Crippen molar-refractivity contribution >= 4 is 17.4 Å². The van der Waals surface area contributed by atoms with Gasteiger partial charge in [-0.05, 0) is 58.4 Å². The van der Waals surface area contributed by atoms with Crippen molar-refractivity contribution in [3.63, 3.8) is 0 Å². The van der Waals surface area contributed by atoms with Gasteiger partial charge in [-0.25, -0.2) is 0 Å². The summed E-state index contributed by atoms with van der Waals surface area (Å²) in [6.45, 7) is 12.1. The van der Waals surface area contributed by atoms with Crippen molar-refractivity contribution in [3.05, 3.63) is 24.3 Å². The molecule has 0 aromatic carbocycles. The third kappa shape index (κ3) is 8.45. The minimum Gasteiger partial charge on any atom is -0.458 e. The Labute approximate surface area is 165 Å². The zero-order valence-corrected chi connectivity index (χ0v) is 18.7. The predicted molar refractivity (Wildman–Crippen MR) is 112 cm³/mol. The van der Waals surface area contributed by atoms with Gasteiger partial charge in [0.2, 0.25) is 0 Å². The van der Waals surface area contributed by atoms with E-state index in [1.165, 1.54) is 0 Å². The molecule has 0 aliphatic rings. The number of hydrogen-bond acceptors (Lipinski definition) is 6. The van der Waals surface area contributed by atoms with Crippen LogP contribution in [0.4, 0.5) is 0 Å². The van der Waals surface area contributed by atoms with E-state index in [4.69, 9.17) is 4.12 Å². The lowest BCUT2D eigenvalue weighted by molar-refractivity contribution is 0.0737. The van der Waals surface area contributed by atoms with E-state index in [0.717, 1.165) is 38.0 Å². The quantitative estimate of drug-likeness (QED) is 0.571. The molecule has 2 heterocycles. The molecule has 0 bridgehead atoms. The topological polar surface area (TPSA) is 90.9 Å². The van der Waals surface area contributed by atoms with Gasteiger partial charge in [0.15, 0.2) is 17.4 Å². The molecule has 1 N–H and O–H groups in total. The first kappa shape index (κ1) is 23.7. The lowest BCUT2D eigenvalue weighted by atomic mass is 10.1. The molecular weight excluding hydrogens is 376 g/mol. The van der Waals surface area contributed by atoms with Crippen LogP contribution in [0.15, 0.2) is 18.6 Å². The highest BCUT2D eigenvalue weighted by Crippen LogP contribution is 2.19. The molecule has 0 aliphatic heterocycles. The lowest BCUT2D eigenvalue weighted by Crippen LogP contribution is -2.36. The number of rotatable bonds is 11. The molecule has 0 fully saturated rings. The average molecular weight is 413 g/mol. The maximum absolute atomic E-state index is 9.95. The molecule has 2 rings (SSSR count). The molecule has 0 spiro atoms. The van der Waals surface area contributed by atoms with E-state index >= 15 is 0 Å². The summed E-state index contributed by atoms with van der Waals surface area (Å²) in [6, 6.07) is 2.26. The predicted octanol–water partition coefficient (Wildman–Crippen LogP) is 2.79. The van der Waals surface area contributed by atoms with Gasteiger partial charge < -0.3 is 9.22 Å². The average Bonchev–Trinajstić information content (AvgIpc) is 3.17. The number of nitrogens with zero attached hydrogens (tertiary/aromatic N) is 6. The van der Waals surface area contributed by atoms with Crippen molar-refractivity contribution in [1.29, 1.82) is 0 Å². The first-order chi connectivity index (χ1) is 12.2. The second kappa shape index (κ2) is 10.3. The Kier molecular flexibility index (Phi) is 8.99. The minimum atomic E-state index is -1.65. The Hall–Kier alpha value is -1.37. The van der Waals surface area contributed by atoms with Gasteiger partial charge in [-0.2, -0.15) is 0 Å². The maximum atomic E-state index is 9.95. The van der Waals surface area contributed by atoms with Gasteiger partial charge in [-0.15, -0.1) is 10.2 Å². The van der Waals surface area contributed by atoms with Gasteiger partial charge in [0.25, 0.3) is 0 Å². The fourth-order valence-electron chi connectivity index (χ4n) is 2.91. The maximum Gasteiger partial charge on any atom is 0.173 e. The third-order valence-electron chi connectivity index (χ3n) is 4.32. The van der Waals surface area contributed by atoms with Crippen LogP contribution in [-0.2, 0) is 22.8 Å². The summed E-state index contributed by atoms with van der Waals surface area (Å²) in [6.07, 6.45) is 7.57. The SMILES string of the molecule is C.C[SiH](CCCn1ccnn1)O[Si](C)(C)CCCn1cc(C(C)(C)O)nn1. The summed E-state index contributed by atoms with van der Waals surface area (Å²) in [7, 11) is -2.80. The molecule has 10 heteroatoms. The highest BCUT2D eigenvalue weighted by atomic mass is 28.4. The molecule has 0 amide bonds. The normalized spacial score (nSPS) is 13.4. The Balaban J connectivity index is 0.00000364. The lowest BCUT2D eigenvalue weighted by Gasteiger charge is -2.27. The van der Waals surface area contributed by atoms with E-state index < -0.39 is 23.0 Å². The van der Waals surface area contributed by atoms with Crippen molar-refractivity contribution in [2.45, 2.75) is 84.5 Å². The summed E-state index contributed by atoms with van der Waals surface area (Å²) < 4.78 is 10.2. The smallest absolute Gasteiger partial charge is 0.173 e. The fourth-order valence-corrected chi connectivity index (χ4v) is 9.98. The van der Waals surface area contributed by atoms with Crippen LogP contribution in [0.1, 0.15) is 39.8 Å². The Bertz CT molecular complexity index is 655. The van der Waals surface area contributed by atoms with Crippen molar-refractivity contribution in [1.82, 2.24) is 30.0 Å². The highest BCUT2D eigenvalue weighted by Gasteiger charge is 2.25. The molecule has 1 unspecified atom stereocenters. The summed E-state index contributed by atoms with van der Waals surface area (Å²) in [5, 5.41) is 25.9. The van der Waals surface area contributed by atoms with E-state index in [9.17, 15) is 5.11 Å². The van der Waals surface area contributed by atoms with E-state index in [0.29, 0.717) is 5.69 Å². The first-order valence-electron chi connectivity index (χ1n) is 9.31. The van der Waals surface area contributed by atoms with Crippen LogP contribution in [0, 0.1) is 0 Å². The van der Waals surface area contributed by atoms with Crippen LogP contribution in [0.5, 0.6) is 0 Å². The zero-order chi connectivity index (χ0) is 19.2. The largest absolute Gasteiger partial charge is 0.458 e. The van der Waals surface area contributed by atoms with Crippen LogP contribution in [0.3, 0.4) is 0 Å². The fraction of sp³-hybridized carbons (Fsp3) is 0.765. The van der Waals surface area contributed by atoms with E-state index in [1.807, 2.05) is 21.8 Å². The highest BCUT2D eigenvalue weighted by molar-refractivity contribution is 6.78.